The average Bonchev–Trinajstić information content (AvgIpc) is 2.43. The van der Waals surface area contributed by atoms with Gasteiger partial charge in [0.25, 0.3) is 0 Å². The van der Waals surface area contributed by atoms with Crippen LogP contribution in [0.3, 0.4) is 0 Å². The number of nitrogens with one attached hydrogen (secondary N) is 1. The Kier molecular flexibility index (Phi) is 4.94. The minimum absolute atomic E-state index is 0.0813. The highest BCUT2D eigenvalue weighted by Gasteiger charge is 2.32. The highest BCUT2D eigenvalue weighted by molar-refractivity contribution is 5.27. The van der Waals surface area contributed by atoms with Crippen LogP contribution in [0, 0.1) is 17.8 Å². The SMILES string of the molecule is CC1CCC(C(NN)c2ccc(C(F)(F)F)cc2)CC1C. The Morgan fingerprint density at radius 1 is 1.10 bits per heavy atom. The predicted molar refractivity (Wildman–Crippen MR) is 77.2 cm³/mol. The molecule has 0 aromatic heterocycles. The highest BCUT2D eigenvalue weighted by Crippen LogP contribution is 2.40. The molecule has 1 aromatic rings. The first-order valence-corrected chi connectivity index (χ1v) is 7.46. The molecule has 0 aliphatic heterocycles. The quantitative estimate of drug-likeness (QED) is 0.646. The van der Waals surface area contributed by atoms with Gasteiger partial charge < -0.3 is 0 Å². The van der Waals surface area contributed by atoms with E-state index in [2.05, 4.69) is 19.3 Å². The maximum atomic E-state index is 12.6. The van der Waals surface area contributed by atoms with E-state index < -0.39 is 11.7 Å². The van der Waals surface area contributed by atoms with Crippen LogP contribution in [-0.4, -0.2) is 0 Å². The first-order chi connectivity index (χ1) is 9.82. The van der Waals surface area contributed by atoms with E-state index in [0.29, 0.717) is 17.8 Å². The lowest BCUT2D eigenvalue weighted by molar-refractivity contribution is -0.137. The molecule has 2 nitrogen and oxygen atoms in total. The molecule has 0 radical (unpaired) electrons. The molecule has 5 heteroatoms. The van der Waals surface area contributed by atoms with E-state index in [-0.39, 0.29) is 6.04 Å². The Labute approximate surface area is 123 Å². The topological polar surface area (TPSA) is 38.0 Å². The van der Waals surface area contributed by atoms with Gasteiger partial charge in [-0.25, -0.2) is 0 Å². The summed E-state index contributed by atoms with van der Waals surface area (Å²) < 4.78 is 37.8. The van der Waals surface area contributed by atoms with Gasteiger partial charge in [0.05, 0.1) is 5.56 Å². The van der Waals surface area contributed by atoms with Crippen molar-refractivity contribution < 1.29 is 13.2 Å². The third-order valence-electron chi connectivity index (χ3n) is 4.89. The van der Waals surface area contributed by atoms with E-state index in [1.807, 2.05) is 0 Å². The zero-order chi connectivity index (χ0) is 15.6. The van der Waals surface area contributed by atoms with Gasteiger partial charge in [-0.3, -0.25) is 11.3 Å². The number of rotatable bonds is 3. The second kappa shape index (κ2) is 6.36. The molecule has 1 aromatic carbocycles. The number of halogens is 3. The Hall–Kier alpha value is -1.07. The third kappa shape index (κ3) is 3.77. The van der Waals surface area contributed by atoms with Crippen LogP contribution < -0.4 is 11.3 Å². The number of benzene rings is 1. The molecule has 1 aliphatic carbocycles. The standard InChI is InChI=1S/C16H23F3N2/c1-10-3-4-13(9-11(10)2)15(21-20)12-5-7-14(8-6-12)16(17,18)19/h5-8,10-11,13,15,21H,3-4,9,20H2,1-2H3. The van der Waals surface area contributed by atoms with Crippen LogP contribution in [0.1, 0.15) is 50.3 Å². The van der Waals surface area contributed by atoms with Gasteiger partial charge in [0, 0.05) is 6.04 Å². The molecule has 3 N–H and O–H groups in total. The fourth-order valence-corrected chi connectivity index (χ4v) is 3.28. The smallest absolute Gasteiger partial charge is 0.271 e. The summed E-state index contributed by atoms with van der Waals surface area (Å²) in [6.07, 6.45) is -1.04. The molecule has 0 bridgehead atoms. The van der Waals surface area contributed by atoms with Crippen LogP contribution in [0.4, 0.5) is 13.2 Å². The van der Waals surface area contributed by atoms with E-state index in [1.165, 1.54) is 12.1 Å². The van der Waals surface area contributed by atoms with Crippen molar-refractivity contribution in [3.8, 4) is 0 Å². The summed E-state index contributed by atoms with van der Waals surface area (Å²) in [5.41, 5.74) is 3.01. The number of hydrogen-bond donors (Lipinski definition) is 2. The van der Waals surface area contributed by atoms with Crippen molar-refractivity contribution >= 4 is 0 Å². The summed E-state index contributed by atoms with van der Waals surface area (Å²) in [5, 5.41) is 0. The lowest BCUT2D eigenvalue weighted by Gasteiger charge is -2.36. The van der Waals surface area contributed by atoms with Crippen LogP contribution in [0.5, 0.6) is 0 Å². The van der Waals surface area contributed by atoms with Crippen molar-refractivity contribution in [2.75, 3.05) is 0 Å². The molecule has 0 amide bonds. The number of nitrogens with two attached hydrogens (primary N) is 1. The molecule has 4 atom stereocenters. The molecule has 0 heterocycles. The highest BCUT2D eigenvalue weighted by atomic mass is 19.4. The fourth-order valence-electron chi connectivity index (χ4n) is 3.28. The van der Waals surface area contributed by atoms with Crippen molar-refractivity contribution in [2.24, 2.45) is 23.6 Å². The van der Waals surface area contributed by atoms with Crippen LogP contribution in [0.25, 0.3) is 0 Å². The lowest BCUT2D eigenvalue weighted by atomic mass is 9.72. The summed E-state index contributed by atoms with van der Waals surface area (Å²) >= 11 is 0. The molecule has 1 aliphatic rings. The molecule has 0 saturated heterocycles. The Bertz CT molecular complexity index is 456. The molecule has 4 unspecified atom stereocenters. The number of hydrogen-bond acceptors (Lipinski definition) is 2. The zero-order valence-electron chi connectivity index (χ0n) is 12.5. The summed E-state index contributed by atoms with van der Waals surface area (Å²) in [6.45, 7) is 4.49. The molecule has 118 valence electrons. The average molecular weight is 300 g/mol. The first-order valence-electron chi connectivity index (χ1n) is 7.46. The van der Waals surface area contributed by atoms with Crippen molar-refractivity contribution in [1.29, 1.82) is 0 Å². The molecular weight excluding hydrogens is 277 g/mol. The normalized spacial score (nSPS) is 28.4. The van der Waals surface area contributed by atoms with Crippen molar-refractivity contribution in [3.63, 3.8) is 0 Å². The molecule has 21 heavy (non-hydrogen) atoms. The van der Waals surface area contributed by atoms with Gasteiger partial charge in [-0.15, -0.1) is 0 Å². The van der Waals surface area contributed by atoms with Crippen molar-refractivity contribution in [2.45, 2.75) is 45.3 Å². The van der Waals surface area contributed by atoms with Gasteiger partial charge in [0.1, 0.15) is 0 Å². The maximum absolute atomic E-state index is 12.6. The largest absolute Gasteiger partial charge is 0.416 e. The Balaban J connectivity index is 2.14. The van der Waals surface area contributed by atoms with Crippen LogP contribution in [-0.2, 0) is 6.18 Å². The second-order valence-corrected chi connectivity index (χ2v) is 6.29. The Morgan fingerprint density at radius 3 is 2.19 bits per heavy atom. The van der Waals surface area contributed by atoms with Gasteiger partial charge in [0.15, 0.2) is 0 Å². The minimum atomic E-state index is -4.29. The van der Waals surface area contributed by atoms with Gasteiger partial charge in [0.2, 0.25) is 0 Å². The third-order valence-corrected chi connectivity index (χ3v) is 4.89. The summed E-state index contributed by atoms with van der Waals surface area (Å²) in [5.74, 6) is 7.36. The summed E-state index contributed by atoms with van der Waals surface area (Å²) in [4.78, 5) is 0. The molecule has 1 saturated carbocycles. The van der Waals surface area contributed by atoms with Gasteiger partial charge in [-0.1, -0.05) is 32.4 Å². The number of hydrazine groups is 1. The van der Waals surface area contributed by atoms with E-state index in [4.69, 9.17) is 5.84 Å². The molecular formula is C16H23F3N2. The van der Waals surface area contributed by atoms with Gasteiger partial charge in [-0.05, 0) is 48.3 Å². The maximum Gasteiger partial charge on any atom is 0.416 e. The monoisotopic (exact) mass is 300 g/mol. The lowest BCUT2D eigenvalue weighted by Crippen LogP contribution is -2.36. The fraction of sp³-hybridized carbons (Fsp3) is 0.625. The molecule has 2 rings (SSSR count). The van der Waals surface area contributed by atoms with E-state index >= 15 is 0 Å². The van der Waals surface area contributed by atoms with Crippen molar-refractivity contribution in [1.82, 2.24) is 5.43 Å². The minimum Gasteiger partial charge on any atom is -0.271 e. The van der Waals surface area contributed by atoms with E-state index in [1.54, 1.807) is 0 Å². The molecule has 1 fully saturated rings. The molecule has 0 spiro atoms. The second-order valence-electron chi connectivity index (χ2n) is 6.29. The zero-order valence-corrected chi connectivity index (χ0v) is 12.5. The van der Waals surface area contributed by atoms with Gasteiger partial charge in [-0.2, -0.15) is 13.2 Å². The Morgan fingerprint density at radius 2 is 1.71 bits per heavy atom. The van der Waals surface area contributed by atoms with Gasteiger partial charge >= 0.3 is 6.18 Å². The summed E-state index contributed by atoms with van der Waals surface area (Å²) in [6, 6.07) is 5.26. The number of alkyl halides is 3. The van der Waals surface area contributed by atoms with Crippen LogP contribution in [0.2, 0.25) is 0 Å². The van der Waals surface area contributed by atoms with Crippen LogP contribution in [0.15, 0.2) is 24.3 Å². The van der Waals surface area contributed by atoms with Crippen LogP contribution >= 0.6 is 0 Å². The first kappa shape index (κ1) is 16.3. The predicted octanol–water partition coefficient (Wildman–Crippen LogP) is 4.28. The summed E-state index contributed by atoms with van der Waals surface area (Å²) in [7, 11) is 0. The van der Waals surface area contributed by atoms with E-state index in [9.17, 15) is 13.2 Å². The van der Waals surface area contributed by atoms with Crippen molar-refractivity contribution in [3.05, 3.63) is 35.4 Å². The van der Waals surface area contributed by atoms with E-state index in [0.717, 1.165) is 37.0 Å².